The molecule has 0 nitrogen and oxygen atoms in total. The molecule has 0 heterocycles. The molecule has 48 valence electrons. The largest absolute Gasteiger partial charge is 0.0988 e. The Hall–Kier alpha value is -0.520. The number of hydrogen-bond donors (Lipinski definition) is 0. The van der Waals surface area contributed by atoms with E-state index in [-0.39, 0.29) is 0 Å². The van der Waals surface area contributed by atoms with Gasteiger partial charge in [-0.15, -0.1) is 0 Å². The highest BCUT2D eigenvalue weighted by Crippen LogP contribution is 2.44. The molecule has 1 saturated carbocycles. The van der Waals surface area contributed by atoms with Crippen LogP contribution in [0, 0.1) is 5.92 Å². The summed E-state index contributed by atoms with van der Waals surface area (Å²) in [6, 6.07) is 0. The maximum atomic E-state index is 3.80. The third-order valence-corrected chi connectivity index (χ3v) is 2.60. The minimum atomic E-state index is 1.01. The third-order valence-electron chi connectivity index (χ3n) is 2.60. The summed E-state index contributed by atoms with van der Waals surface area (Å²) in [5.74, 6) is 1.01. The first kappa shape index (κ1) is 5.28. The molecule has 9 heavy (non-hydrogen) atoms. The molecule has 0 radical (unpaired) electrons. The summed E-state index contributed by atoms with van der Waals surface area (Å²) in [5.41, 5.74) is 3.27. The molecule has 2 rings (SSSR count). The Morgan fingerprint density at radius 2 is 2.33 bits per heavy atom. The van der Waals surface area contributed by atoms with Crippen LogP contribution in [0.15, 0.2) is 23.8 Å². The van der Waals surface area contributed by atoms with Gasteiger partial charge in [0.05, 0.1) is 0 Å². The number of fused-ring (bicyclic) bond motifs is 2. The highest BCUT2D eigenvalue weighted by atomic mass is 14.3. The van der Waals surface area contributed by atoms with E-state index < -0.39 is 0 Å². The molecule has 0 aromatic carbocycles. The Morgan fingerprint density at radius 1 is 1.44 bits per heavy atom. The van der Waals surface area contributed by atoms with E-state index in [0.29, 0.717) is 0 Å². The quantitative estimate of drug-likeness (QED) is 0.499. The molecular formula is C9H12. The predicted octanol–water partition coefficient (Wildman–Crippen LogP) is 2.67. The van der Waals surface area contributed by atoms with E-state index in [9.17, 15) is 0 Å². The lowest BCUT2D eigenvalue weighted by Gasteiger charge is -2.06. The van der Waals surface area contributed by atoms with Crippen molar-refractivity contribution >= 4 is 0 Å². The summed E-state index contributed by atoms with van der Waals surface area (Å²) in [6.45, 7) is 3.80. The second kappa shape index (κ2) is 1.73. The number of allylic oxidation sites excluding steroid dienone is 3. The smallest absolute Gasteiger partial charge is 0.0248 e. The van der Waals surface area contributed by atoms with Crippen LogP contribution in [0.2, 0.25) is 0 Å². The van der Waals surface area contributed by atoms with Crippen molar-refractivity contribution in [1.29, 1.82) is 0 Å². The zero-order valence-corrected chi connectivity index (χ0v) is 5.69. The Kier molecular flexibility index (Phi) is 1.01. The van der Waals surface area contributed by atoms with E-state index in [0.717, 1.165) is 5.92 Å². The van der Waals surface area contributed by atoms with Gasteiger partial charge in [-0.3, -0.25) is 0 Å². The fraction of sp³-hybridized carbons (Fsp3) is 0.556. The van der Waals surface area contributed by atoms with Gasteiger partial charge in [-0.1, -0.05) is 18.2 Å². The second-order valence-corrected chi connectivity index (χ2v) is 3.15. The maximum absolute atomic E-state index is 3.80. The van der Waals surface area contributed by atoms with Crippen molar-refractivity contribution in [1.82, 2.24) is 0 Å². The summed E-state index contributed by atoms with van der Waals surface area (Å²) in [4.78, 5) is 0. The highest BCUT2D eigenvalue weighted by molar-refractivity contribution is 5.32. The zero-order valence-electron chi connectivity index (χ0n) is 5.69. The lowest BCUT2D eigenvalue weighted by Crippen LogP contribution is -1.91. The molecule has 0 saturated heterocycles. The van der Waals surface area contributed by atoms with E-state index in [1.807, 2.05) is 0 Å². The van der Waals surface area contributed by atoms with E-state index >= 15 is 0 Å². The van der Waals surface area contributed by atoms with Gasteiger partial charge in [0.15, 0.2) is 0 Å². The number of hydrogen-bond acceptors (Lipinski definition) is 0. The van der Waals surface area contributed by atoms with Crippen molar-refractivity contribution in [3.63, 3.8) is 0 Å². The first-order chi connectivity index (χ1) is 4.40. The molecule has 2 aliphatic carbocycles. The molecule has 0 aromatic rings. The van der Waals surface area contributed by atoms with Crippen LogP contribution in [0.4, 0.5) is 0 Å². The van der Waals surface area contributed by atoms with Crippen LogP contribution in [-0.2, 0) is 0 Å². The molecule has 2 bridgehead atoms. The van der Waals surface area contributed by atoms with Gasteiger partial charge in [-0.25, -0.2) is 0 Å². The SMILES string of the molecule is C=CC1=C2CCC(C1)C2. The molecule has 0 aromatic heterocycles. The Bertz CT molecular complexity index is 174. The van der Waals surface area contributed by atoms with Gasteiger partial charge in [-0.05, 0) is 37.2 Å². The van der Waals surface area contributed by atoms with Crippen molar-refractivity contribution in [3.8, 4) is 0 Å². The first-order valence-corrected chi connectivity index (χ1v) is 3.73. The van der Waals surface area contributed by atoms with Crippen LogP contribution < -0.4 is 0 Å². The highest BCUT2D eigenvalue weighted by Gasteiger charge is 2.28. The van der Waals surface area contributed by atoms with Gasteiger partial charge in [0.2, 0.25) is 0 Å². The van der Waals surface area contributed by atoms with E-state index in [1.54, 1.807) is 11.1 Å². The topological polar surface area (TPSA) is 0 Å². The molecule has 1 fully saturated rings. The van der Waals surface area contributed by atoms with Gasteiger partial charge in [0.25, 0.3) is 0 Å². The van der Waals surface area contributed by atoms with Crippen molar-refractivity contribution in [2.45, 2.75) is 25.7 Å². The lowest BCUT2D eigenvalue weighted by atomic mass is 9.99. The van der Waals surface area contributed by atoms with Crippen LogP contribution in [0.3, 0.4) is 0 Å². The average Bonchev–Trinajstić information content (AvgIpc) is 2.45. The fourth-order valence-corrected chi connectivity index (χ4v) is 2.08. The predicted molar refractivity (Wildman–Crippen MR) is 39.2 cm³/mol. The Morgan fingerprint density at radius 3 is 2.67 bits per heavy atom. The van der Waals surface area contributed by atoms with Gasteiger partial charge in [0.1, 0.15) is 0 Å². The van der Waals surface area contributed by atoms with E-state index in [1.165, 1.54) is 25.7 Å². The summed E-state index contributed by atoms with van der Waals surface area (Å²) in [7, 11) is 0. The van der Waals surface area contributed by atoms with Crippen LogP contribution >= 0.6 is 0 Å². The standard InChI is InChI=1S/C9H12/c1-2-8-5-7-3-4-9(8)6-7/h2,7H,1,3-6H2. The van der Waals surface area contributed by atoms with Gasteiger partial charge in [0, 0.05) is 0 Å². The van der Waals surface area contributed by atoms with Gasteiger partial charge < -0.3 is 0 Å². The van der Waals surface area contributed by atoms with Crippen molar-refractivity contribution in [3.05, 3.63) is 23.8 Å². The van der Waals surface area contributed by atoms with Crippen molar-refractivity contribution in [2.24, 2.45) is 5.92 Å². The molecule has 0 aliphatic heterocycles. The number of rotatable bonds is 1. The van der Waals surface area contributed by atoms with Crippen molar-refractivity contribution < 1.29 is 0 Å². The average molecular weight is 120 g/mol. The molecule has 0 N–H and O–H groups in total. The Balaban J connectivity index is 2.32. The molecule has 1 atom stereocenters. The van der Waals surface area contributed by atoms with E-state index in [2.05, 4.69) is 12.7 Å². The van der Waals surface area contributed by atoms with Gasteiger partial charge >= 0.3 is 0 Å². The third kappa shape index (κ3) is 0.658. The first-order valence-electron chi connectivity index (χ1n) is 3.73. The van der Waals surface area contributed by atoms with Crippen LogP contribution in [0.1, 0.15) is 25.7 Å². The minimum Gasteiger partial charge on any atom is -0.0988 e. The Labute approximate surface area is 56.3 Å². The monoisotopic (exact) mass is 120 g/mol. The molecule has 0 heteroatoms. The second-order valence-electron chi connectivity index (χ2n) is 3.15. The van der Waals surface area contributed by atoms with Crippen LogP contribution in [0.5, 0.6) is 0 Å². The van der Waals surface area contributed by atoms with Crippen molar-refractivity contribution in [2.75, 3.05) is 0 Å². The molecule has 0 spiro atoms. The normalized spacial score (nSPS) is 31.8. The summed E-state index contributed by atoms with van der Waals surface area (Å²) in [6.07, 6.45) is 7.59. The summed E-state index contributed by atoms with van der Waals surface area (Å²) in [5, 5.41) is 0. The lowest BCUT2D eigenvalue weighted by molar-refractivity contribution is 0.568. The molecular weight excluding hydrogens is 108 g/mol. The summed E-state index contributed by atoms with van der Waals surface area (Å²) >= 11 is 0. The fourth-order valence-electron chi connectivity index (χ4n) is 2.08. The maximum Gasteiger partial charge on any atom is -0.0248 e. The van der Waals surface area contributed by atoms with Crippen LogP contribution in [0.25, 0.3) is 0 Å². The van der Waals surface area contributed by atoms with E-state index in [4.69, 9.17) is 0 Å². The summed E-state index contributed by atoms with van der Waals surface area (Å²) < 4.78 is 0. The van der Waals surface area contributed by atoms with Gasteiger partial charge in [-0.2, -0.15) is 0 Å². The minimum absolute atomic E-state index is 1.01. The molecule has 1 unspecified atom stereocenters. The zero-order chi connectivity index (χ0) is 6.27. The molecule has 2 aliphatic rings. The molecule has 0 amide bonds. The van der Waals surface area contributed by atoms with Crippen LogP contribution in [-0.4, -0.2) is 0 Å².